The van der Waals surface area contributed by atoms with Crippen LogP contribution in [-0.2, 0) is 11.8 Å². The minimum Gasteiger partial charge on any atom is -0.497 e. The minimum absolute atomic E-state index is 0.367. The SMILES string of the molecule is COc1cccc(C2(c3cccc(OC)c3)C=Cc3c(-c4cncs4)n[nH]c3C2)c1. The molecule has 0 radical (unpaired) electrons. The molecular formula is C24H21N3O2S. The molecule has 0 saturated heterocycles. The fraction of sp³-hybridized carbons (Fsp3) is 0.167. The summed E-state index contributed by atoms with van der Waals surface area (Å²) < 4.78 is 11.0. The van der Waals surface area contributed by atoms with Crippen molar-refractivity contribution in [1.82, 2.24) is 15.2 Å². The Kier molecular flexibility index (Phi) is 4.64. The number of H-pyrrole nitrogens is 1. The van der Waals surface area contributed by atoms with E-state index < -0.39 is 0 Å². The van der Waals surface area contributed by atoms with E-state index in [4.69, 9.17) is 9.47 Å². The summed E-state index contributed by atoms with van der Waals surface area (Å²) in [5.74, 6) is 1.67. The largest absolute Gasteiger partial charge is 0.497 e. The molecule has 6 heteroatoms. The molecule has 0 aliphatic heterocycles. The van der Waals surface area contributed by atoms with E-state index in [0.29, 0.717) is 0 Å². The van der Waals surface area contributed by atoms with Crippen molar-refractivity contribution in [3.05, 3.63) is 88.7 Å². The Morgan fingerprint density at radius 2 is 1.70 bits per heavy atom. The quantitative estimate of drug-likeness (QED) is 0.492. The lowest BCUT2D eigenvalue weighted by Crippen LogP contribution is -2.30. The van der Waals surface area contributed by atoms with Crippen molar-refractivity contribution in [1.29, 1.82) is 0 Å². The molecule has 0 unspecified atom stereocenters. The van der Waals surface area contributed by atoms with Gasteiger partial charge in [0.2, 0.25) is 0 Å². The van der Waals surface area contributed by atoms with Crippen LogP contribution in [0.25, 0.3) is 16.6 Å². The molecule has 0 fully saturated rings. The van der Waals surface area contributed by atoms with Gasteiger partial charge in [-0.25, -0.2) is 0 Å². The third-order valence-electron chi connectivity index (χ3n) is 5.71. The summed E-state index contributed by atoms with van der Waals surface area (Å²) in [6, 6.07) is 16.5. The van der Waals surface area contributed by atoms with Crippen LogP contribution in [0.2, 0.25) is 0 Å². The van der Waals surface area contributed by atoms with Gasteiger partial charge >= 0.3 is 0 Å². The van der Waals surface area contributed by atoms with Crippen LogP contribution >= 0.6 is 11.3 Å². The fourth-order valence-corrected chi connectivity index (χ4v) is 4.77. The van der Waals surface area contributed by atoms with Crippen molar-refractivity contribution < 1.29 is 9.47 Å². The van der Waals surface area contributed by atoms with Crippen LogP contribution in [0.3, 0.4) is 0 Å². The summed E-state index contributed by atoms with van der Waals surface area (Å²) in [6.45, 7) is 0. The van der Waals surface area contributed by atoms with Gasteiger partial charge in [0, 0.05) is 29.3 Å². The molecule has 0 saturated carbocycles. The van der Waals surface area contributed by atoms with Crippen LogP contribution in [0.1, 0.15) is 22.4 Å². The number of nitrogens with zero attached hydrogens (tertiary/aromatic N) is 2. The maximum atomic E-state index is 5.52. The van der Waals surface area contributed by atoms with Gasteiger partial charge < -0.3 is 9.47 Å². The van der Waals surface area contributed by atoms with Crippen molar-refractivity contribution in [2.24, 2.45) is 0 Å². The van der Waals surface area contributed by atoms with Crippen molar-refractivity contribution in [3.8, 4) is 22.1 Å². The average molecular weight is 416 g/mol. The van der Waals surface area contributed by atoms with Crippen LogP contribution in [-0.4, -0.2) is 29.4 Å². The third kappa shape index (κ3) is 3.00. The highest BCUT2D eigenvalue weighted by Gasteiger charge is 2.37. The molecular weight excluding hydrogens is 394 g/mol. The number of nitrogens with one attached hydrogen (secondary N) is 1. The van der Waals surface area contributed by atoms with Gasteiger partial charge in [0.05, 0.1) is 24.6 Å². The van der Waals surface area contributed by atoms with E-state index in [0.717, 1.165) is 50.9 Å². The second kappa shape index (κ2) is 7.46. The van der Waals surface area contributed by atoms with Gasteiger partial charge in [0.1, 0.15) is 17.2 Å². The van der Waals surface area contributed by atoms with E-state index in [-0.39, 0.29) is 5.41 Å². The highest BCUT2D eigenvalue weighted by molar-refractivity contribution is 7.13. The van der Waals surface area contributed by atoms with Gasteiger partial charge in [-0.2, -0.15) is 5.10 Å². The summed E-state index contributed by atoms with van der Waals surface area (Å²) in [7, 11) is 3.39. The smallest absolute Gasteiger partial charge is 0.119 e. The first-order valence-electron chi connectivity index (χ1n) is 9.68. The summed E-state index contributed by atoms with van der Waals surface area (Å²) in [4.78, 5) is 5.26. The maximum Gasteiger partial charge on any atom is 0.119 e. The molecule has 150 valence electrons. The first-order valence-corrected chi connectivity index (χ1v) is 10.6. The second-order valence-corrected chi connectivity index (χ2v) is 8.16. The van der Waals surface area contributed by atoms with Gasteiger partial charge in [-0.1, -0.05) is 36.4 Å². The molecule has 5 rings (SSSR count). The third-order valence-corrected chi connectivity index (χ3v) is 6.49. The minimum atomic E-state index is -0.367. The molecule has 2 aromatic heterocycles. The number of rotatable bonds is 5. The highest BCUT2D eigenvalue weighted by Crippen LogP contribution is 2.44. The first kappa shape index (κ1) is 18.6. The van der Waals surface area contributed by atoms with Crippen LogP contribution in [0.4, 0.5) is 0 Å². The van der Waals surface area contributed by atoms with Gasteiger partial charge in [-0.15, -0.1) is 11.3 Å². The Bertz CT molecular complexity index is 1160. The molecule has 1 N–H and O–H groups in total. The first-order chi connectivity index (χ1) is 14.7. The number of benzene rings is 2. The number of ether oxygens (including phenoxy) is 2. The predicted molar refractivity (Wildman–Crippen MR) is 119 cm³/mol. The standard InChI is InChI=1S/C24H21N3O2S/c1-28-18-7-3-5-16(11-18)24(17-6-4-8-19(12-17)29-2)10-9-20-21(13-24)26-27-23(20)22-14-25-15-30-22/h3-12,14-15H,13H2,1-2H3,(H,26,27). The number of aromatic amines is 1. The molecule has 1 aliphatic carbocycles. The van der Waals surface area contributed by atoms with Crippen LogP contribution in [0.5, 0.6) is 11.5 Å². The van der Waals surface area contributed by atoms with Crippen LogP contribution < -0.4 is 9.47 Å². The Morgan fingerprint density at radius 1 is 1.00 bits per heavy atom. The van der Waals surface area contributed by atoms with Crippen molar-refractivity contribution in [3.63, 3.8) is 0 Å². The van der Waals surface area contributed by atoms with Gasteiger partial charge in [0.15, 0.2) is 0 Å². The van der Waals surface area contributed by atoms with E-state index in [1.807, 2.05) is 36.0 Å². The predicted octanol–water partition coefficient (Wildman–Crippen LogP) is 5.11. The zero-order valence-electron chi connectivity index (χ0n) is 16.8. The lowest BCUT2D eigenvalue weighted by Gasteiger charge is -2.35. The molecule has 5 nitrogen and oxygen atoms in total. The molecule has 0 atom stereocenters. The molecule has 0 amide bonds. The summed E-state index contributed by atoms with van der Waals surface area (Å²) in [6.07, 6.45) is 7.07. The number of hydrogen-bond donors (Lipinski definition) is 1. The van der Waals surface area contributed by atoms with Crippen molar-refractivity contribution in [2.45, 2.75) is 11.8 Å². The lowest BCUT2D eigenvalue weighted by atomic mass is 9.68. The zero-order valence-corrected chi connectivity index (χ0v) is 17.6. The lowest BCUT2D eigenvalue weighted by molar-refractivity contribution is 0.411. The normalized spacial score (nSPS) is 14.3. The Balaban J connectivity index is 1.68. The molecule has 0 spiro atoms. The second-order valence-electron chi connectivity index (χ2n) is 7.28. The summed E-state index contributed by atoms with van der Waals surface area (Å²) in [5.41, 5.74) is 6.96. The molecule has 0 bridgehead atoms. The summed E-state index contributed by atoms with van der Waals surface area (Å²) >= 11 is 1.60. The van der Waals surface area contributed by atoms with E-state index in [9.17, 15) is 0 Å². The van der Waals surface area contributed by atoms with E-state index in [1.165, 1.54) is 0 Å². The number of aromatic nitrogens is 3. The van der Waals surface area contributed by atoms with Gasteiger partial charge in [-0.3, -0.25) is 10.1 Å². The monoisotopic (exact) mass is 415 g/mol. The highest BCUT2D eigenvalue weighted by atomic mass is 32.1. The Hall–Kier alpha value is -3.38. The van der Waals surface area contributed by atoms with Crippen molar-refractivity contribution >= 4 is 17.4 Å². The molecule has 1 aliphatic rings. The fourth-order valence-electron chi connectivity index (χ4n) is 4.15. The number of methoxy groups -OCH3 is 2. The van der Waals surface area contributed by atoms with Crippen molar-refractivity contribution in [2.75, 3.05) is 14.2 Å². The topological polar surface area (TPSA) is 60.0 Å². The van der Waals surface area contributed by atoms with Crippen LogP contribution in [0.15, 0.2) is 66.3 Å². The Morgan fingerprint density at radius 3 is 2.30 bits per heavy atom. The van der Waals surface area contributed by atoms with Gasteiger partial charge in [-0.05, 0) is 35.4 Å². The maximum absolute atomic E-state index is 5.52. The molecule has 30 heavy (non-hydrogen) atoms. The number of fused-ring (bicyclic) bond motifs is 1. The average Bonchev–Trinajstić information content (AvgIpc) is 3.48. The molecule has 2 heterocycles. The zero-order chi connectivity index (χ0) is 20.6. The Labute approximate surface area is 179 Å². The van der Waals surface area contributed by atoms with E-state index in [2.05, 4.69) is 51.6 Å². The number of hydrogen-bond acceptors (Lipinski definition) is 5. The molecule has 2 aromatic carbocycles. The number of thiazole rings is 1. The summed E-state index contributed by atoms with van der Waals surface area (Å²) in [5, 5.41) is 7.89. The van der Waals surface area contributed by atoms with Crippen LogP contribution in [0, 0.1) is 0 Å². The van der Waals surface area contributed by atoms with E-state index >= 15 is 0 Å². The number of allylic oxidation sites excluding steroid dienone is 1. The van der Waals surface area contributed by atoms with E-state index in [1.54, 1.807) is 25.6 Å². The molecule has 4 aromatic rings. The van der Waals surface area contributed by atoms with Gasteiger partial charge in [0.25, 0.3) is 0 Å².